The van der Waals surface area contributed by atoms with E-state index in [2.05, 4.69) is 6.07 Å². The normalized spacial score (nSPS) is 12.8. The number of ether oxygens (including phenoxy) is 1. The van der Waals surface area contributed by atoms with E-state index in [9.17, 15) is 9.59 Å². The maximum absolute atomic E-state index is 13.0. The van der Waals surface area contributed by atoms with E-state index < -0.39 is 0 Å². The molecule has 4 rings (SSSR count). The standard InChI is InChI=1S/C21H20N2O3/c1-22(15-8-10-16(26-2)11-9-15)21(25)18-13-23-12-4-6-14-5-3-7-17(19(14)23)20(18)24/h3,5,7-11,13H,4,6,12H2,1-2H3. The van der Waals surface area contributed by atoms with Gasteiger partial charge >= 0.3 is 0 Å². The molecule has 0 spiro atoms. The molecule has 1 amide bonds. The molecule has 2 heterocycles. The molecular formula is C21H20N2O3. The number of nitrogens with zero attached hydrogens (tertiary/aromatic N) is 2. The zero-order valence-corrected chi connectivity index (χ0v) is 14.9. The fraction of sp³-hybridized carbons (Fsp3) is 0.238. The molecular weight excluding hydrogens is 328 g/mol. The van der Waals surface area contributed by atoms with E-state index in [-0.39, 0.29) is 16.9 Å². The molecule has 132 valence electrons. The summed E-state index contributed by atoms with van der Waals surface area (Å²) in [7, 11) is 3.28. The van der Waals surface area contributed by atoms with E-state index in [0.29, 0.717) is 11.1 Å². The summed E-state index contributed by atoms with van der Waals surface area (Å²) in [5.41, 5.74) is 2.85. The van der Waals surface area contributed by atoms with Crippen LogP contribution in [0.4, 0.5) is 5.69 Å². The van der Waals surface area contributed by atoms with Crippen LogP contribution >= 0.6 is 0 Å². The zero-order chi connectivity index (χ0) is 18.3. The van der Waals surface area contributed by atoms with Gasteiger partial charge in [0.2, 0.25) is 5.43 Å². The number of carbonyl (C=O) groups excluding carboxylic acids is 1. The Bertz CT molecular complexity index is 1050. The molecule has 0 N–H and O–H groups in total. The lowest BCUT2D eigenvalue weighted by molar-refractivity contribution is 0.0991. The smallest absolute Gasteiger partial charge is 0.263 e. The van der Waals surface area contributed by atoms with Crippen molar-refractivity contribution in [2.45, 2.75) is 19.4 Å². The van der Waals surface area contributed by atoms with Gasteiger partial charge in [0.05, 0.1) is 12.6 Å². The minimum Gasteiger partial charge on any atom is -0.497 e. The second-order valence-corrected chi connectivity index (χ2v) is 6.54. The topological polar surface area (TPSA) is 51.5 Å². The summed E-state index contributed by atoms with van der Waals surface area (Å²) >= 11 is 0. The van der Waals surface area contributed by atoms with Crippen LogP contribution in [0.25, 0.3) is 10.9 Å². The highest BCUT2D eigenvalue weighted by atomic mass is 16.5. The van der Waals surface area contributed by atoms with Crippen LogP contribution < -0.4 is 15.1 Å². The van der Waals surface area contributed by atoms with Crippen molar-refractivity contribution in [1.29, 1.82) is 0 Å². The third-order valence-electron chi connectivity index (χ3n) is 5.02. The van der Waals surface area contributed by atoms with E-state index in [0.717, 1.165) is 30.7 Å². The fourth-order valence-corrected chi connectivity index (χ4v) is 3.61. The van der Waals surface area contributed by atoms with Gasteiger partial charge in [-0.05, 0) is 48.7 Å². The molecule has 26 heavy (non-hydrogen) atoms. The number of benzene rings is 2. The number of amides is 1. The Morgan fingerprint density at radius 2 is 1.92 bits per heavy atom. The molecule has 0 radical (unpaired) electrons. The average Bonchev–Trinajstić information content (AvgIpc) is 2.69. The van der Waals surface area contributed by atoms with Crippen molar-refractivity contribution in [3.8, 4) is 5.75 Å². The van der Waals surface area contributed by atoms with Gasteiger partial charge in [0.15, 0.2) is 0 Å². The lowest BCUT2D eigenvalue weighted by Crippen LogP contribution is -2.32. The SMILES string of the molecule is COc1ccc(N(C)C(=O)c2cn3c4c(cccc4c2=O)CCC3)cc1. The summed E-state index contributed by atoms with van der Waals surface area (Å²) in [4.78, 5) is 27.5. The molecule has 5 heteroatoms. The van der Waals surface area contributed by atoms with Gasteiger partial charge in [-0.3, -0.25) is 9.59 Å². The zero-order valence-electron chi connectivity index (χ0n) is 14.9. The molecule has 1 aliphatic heterocycles. The van der Waals surface area contributed by atoms with Crippen LogP contribution in [0, 0.1) is 0 Å². The van der Waals surface area contributed by atoms with Gasteiger partial charge in [0.1, 0.15) is 11.3 Å². The summed E-state index contributed by atoms with van der Waals surface area (Å²) in [5, 5.41) is 0.621. The first-order chi connectivity index (χ1) is 12.6. The number of carbonyl (C=O) groups is 1. The fourth-order valence-electron chi connectivity index (χ4n) is 3.61. The largest absolute Gasteiger partial charge is 0.497 e. The molecule has 1 aliphatic rings. The molecule has 0 atom stereocenters. The van der Waals surface area contributed by atoms with Gasteiger partial charge in [-0.2, -0.15) is 0 Å². The first kappa shape index (κ1) is 16.4. The van der Waals surface area contributed by atoms with Crippen molar-refractivity contribution in [1.82, 2.24) is 4.57 Å². The molecule has 0 bridgehead atoms. The van der Waals surface area contributed by atoms with Crippen molar-refractivity contribution in [3.05, 3.63) is 70.0 Å². The summed E-state index contributed by atoms with van der Waals surface area (Å²) < 4.78 is 7.20. The van der Waals surface area contributed by atoms with Crippen molar-refractivity contribution < 1.29 is 9.53 Å². The summed E-state index contributed by atoms with van der Waals surface area (Å²) in [6.45, 7) is 0.820. The van der Waals surface area contributed by atoms with E-state index in [1.54, 1.807) is 44.6 Å². The highest BCUT2D eigenvalue weighted by Crippen LogP contribution is 2.24. The van der Waals surface area contributed by atoms with Gasteiger partial charge in [0, 0.05) is 30.9 Å². The number of methoxy groups -OCH3 is 1. The number of pyridine rings is 1. The van der Waals surface area contributed by atoms with E-state index in [4.69, 9.17) is 4.74 Å². The lowest BCUT2D eigenvalue weighted by atomic mass is 9.99. The Morgan fingerprint density at radius 3 is 2.65 bits per heavy atom. The van der Waals surface area contributed by atoms with Crippen LogP contribution in [0.2, 0.25) is 0 Å². The first-order valence-electron chi connectivity index (χ1n) is 8.67. The summed E-state index contributed by atoms with van der Waals surface area (Å²) in [5.74, 6) is 0.416. The molecule has 0 saturated carbocycles. The minimum absolute atomic E-state index is 0.203. The minimum atomic E-state index is -0.304. The summed E-state index contributed by atoms with van der Waals surface area (Å²) in [6.07, 6.45) is 3.70. The Morgan fingerprint density at radius 1 is 1.15 bits per heavy atom. The highest BCUT2D eigenvalue weighted by molar-refractivity contribution is 6.07. The number of aryl methyl sites for hydroxylation is 2. The lowest BCUT2D eigenvalue weighted by Gasteiger charge is -2.22. The predicted octanol–water partition coefficient (Wildman–Crippen LogP) is 3.23. The molecule has 5 nitrogen and oxygen atoms in total. The van der Waals surface area contributed by atoms with Crippen LogP contribution in [0.3, 0.4) is 0 Å². The van der Waals surface area contributed by atoms with Gasteiger partial charge in [0.25, 0.3) is 5.91 Å². The van der Waals surface area contributed by atoms with E-state index in [1.807, 2.05) is 16.7 Å². The first-order valence-corrected chi connectivity index (χ1v) is 8.67. The molecule has 3 aromatic rings. The van der Waals surface area contributed by atoms with Crippen LogP contribution in [0.1, 0.15) is 22.3 Å². The second kappa shape index (κ2) is 6.33. The van der Waals surface area contributed by atoms with Gasteiger partial charge in [-0.15, -0.1) is 0 Å². The third kappa shape index (κ3) is 2.56. The van der Waals surface area contributed by atoms with Gasteiger partial charge < -0.3 is 14.2 Å². The molecule has 0 unspecified atom stereocenters. The molecule has 0 fully saturated rings. The maximum atomic E-state index is 13.0. The number of anilines is 1. The number of hydrogen-bond donors (Lipinski definition) is 0. The van der Waals surface area contributed by atoms with E-state index in [1.165, 1.54) is 10.5 Å². The monoisotopic (exact) mass is 348 g/mol. The van der Waals surface area contributed by atoms with Crippen molar-refractivity contribution in [3.63, 3.8) is 0 Å². The quantitative estimate of drug-likeness (QED) is 0.730. The number of hydrogen-bond acceptors (Lipinski definition) is 3. The van der Waals surface area contributed by atoms with Crippen molar-refractivity contribution >= 4 is 22.5 Å². The van der Waals surface area contributed by atoms with Gasteiger partial charge in [-0.25, -0.2) is 0 Å². The average molecular weight is 348 g/mol. The molecule has 2 aromatic carbocycles. The van der Waals surface area contributed by atoms with Crippen molar-refractivity contribution in [2.75, 3.05) is 19.1 Å². The summed E-state index contributed by atoms with van der Waals surface area (Å²) in [6, 6.07) is 13.0. The predicted molar refractivity (Wildman–Crippen MR) is 102 cm³/mol. The molecule has 1 aromatic heterocycles. The number of rotatable bonds is 3. The third-order valence-corrected chi connectivity index (χ3v) is 5.02. The van der Waals surface area contributed by atoms with Gasteiger partial charge in [-0.1, -0.05) is 12.1 Å². The highest BCUT2D eigenvalue weighted by Gasteiger charge is 2.22. The maximum Gasteiger partial charge on any atom is 0.263 e. The Labute approximate surface area is 151 Å². The van der Waals surface area contributed by atoms with Crippen LogP contribution in [0.15, 0.2) is 53.5 Å². The Kier molecular flexibility index (Phi) is 3.99. The van der Waals surface area contributed by atoms with E-state index >= 15 is 0 Å². The number of aromatic nitrogens is 1. The van der Waals surface area contributed by atoms with Crippen LogP contribution in [-0.4, -0.2) is 24.6 Å². The Hall–Kier alpha value is -3.08. The van der Waals surface area contributed by atoms with Crippen LogP contribution in [-0.2, 0) is 13.0 Å². The molecule has 0 aliphatic carbocycles. The second-order valence-electron chi connectivity index (χ2n) is 6.54. The van der Waals surface area contributed by atoms with Crippen LogP contribution in [0.5, 0.6) is 5.75 Å². The number of para-hydroxylation sites is 1. The Balaban J connectivity index is 1.80. The molecule has 0 saturated heterocycles. The van der Waals surface area contributed by atoms with Crippen molar-refractivity contribution in [2.24, 2.45) is 0 Å².